The summed E-state index contributed by atoms with van der Waals surface area (Å²) < 4.78 is 5.21. The summed E-state index contributed by atoms with van der Waals surface area (Å²) in [5.41, 5.74) is 4.81. The molecule has 5 nitrogen and oxygen atoms in total. The standard InChI is InChI=1S/C11H24N2O3/c1-8(6-9(14)7-12)13(5)10(15)16-11(2,3)4/h8-9,14H,6-7,12H2,1-5H3. The van der Waals surface area contributed by atoms with Crippen LogP contribution in [-0.4, -0.2) is 47.4 Å². The quantitative estimate of drug-likeness (QED) is 0.756. The monoisotopic (exact) mass is 232 g/mol. The van der Waals surface area contributed by atoms with Crippen molar-refractivity contribution in [3.05, 3.63) is 0 Å². The van der Waals surface area contributed by atoms with Crippen molar-refractivity contribution in [2.24, 2.45) is 5.73 Å². The van der Waals surface area contributed by atoms with Gasteiger partial charge in [0, 0.05) is 19.6 Å². The molecule has 0 saturated carbocycles. The molecule has 0 aliphatic carbocycles. The van der Waals surface area contributed by atoms with Crippen molar-refractivity contribution in [3.63, 3.8) is 0 Å². The molecule has 0 radical (unpaired) electrons. The molecule has 5 heteroatoms. The summed E-state index contributed by atoms with van der Waals surface area (Å²) in [6.45, 7) is 7.50. The van der Waals surface area contributed by atoms with E-state index in [1.54, 1.807) is 7.05 Å². The molecular weight excluding hydrogens is 208 g/mol. The van der Waals surface area contributed by atoms with Gasteiger partial charge in [-0.2, -0.15) is 0 Å². The molecule has 0 fully saturated rings. The summed E-state index contributed by atoms with van der Waals surface area (Å²) >= 11 is 0. The maximum atomic E-state index is 11.7. The fourth-order valence-corrected chi connectivity index (χ4v) is 1.16. The van der Waals surface area contributed by atoms with Crippen LogP contribution in [0.3, 0.4) is 0 Å². The molecule has 2 unspecified atom stereocenters. The zero-order valence-electron chi connectivity index (χ0n) is 10.9. The van der Waals surface area contributed by atoms with E-state index in [0.29, 0.717) is 6.42 Å². The van der Waals surface area contributed by atoms with Crippen LogP contribution < -0.4 is 5.73 Å². The van der Waals surface area contributed by atoms with Gasteiger partial charge in [0.05, 0.1) is 6.10 Å². The number of nitrogens with zero attached hydrogens (tertiary/aromatic N) is 1. The Labute approximate surface area is 97.6 Å². The van der Waals surface area contributed by atoms with Gasteiger partial charge in [0.1, 0.15) is 5.60 Å². The lowest BCUT2D eigenvalue weighted by molar-refractivity contribution is 0.0190. The van der Waals surface area contributed by atoms with E-state index < -0.39 is 11.7 Å². The van der Waals surface area contributed by atoms with Crippen LogP contribution in [0.15, 0.2) is 0 Å². The van der Waals surface area contributed by atoms with Crippen molar-refractivity contribution < 1.29 is 14.6 Å². The van der Waals surface area contributed by atoms with Gasteiger partial charge in [0.25, 0.3) is 0 Å². The Balaban J connectivity index is 4.22. The number of hydrogen-bond donors (Lipinski definition) is 2. The largest absolute Gasteiger partial charge is 0.444 e. The average molecular weight is 232 g/mol. The van der Waals surface area contributed by atoms with Crippen LogP contribution in [0.4, 0.5) is 4.79 Å². The minimum atomic E-state index is -0.583. The van der Waals surface area contributed by atoms with Crippen molar-refractivity contribution in [1.29, 1.82) is 0 Å². The van der Waals surface area contributed by atoms with Crippen LogP contribution >= 0.6 is 0 Å². The van der Waals surface area contributed by atoms with Gasteiger partial charge < -0.3 is 20.5 Å². The summed E-state index contributed by atoms with van der Waals surface area (Å²) in [5, 5.41) is 9.39. The van der Waals surface area contributed by atoms with E-state index in [0.717, 1.165) is 0 Å². The zero-order chi connectivity index (χ0) is 12.9. The highest BCUT2D eigenvalue weighted by molar-refractivity contribution is 5.68. The Bertz CT molecular complexity index is 226. The summed E-state index contributed by atoms with van der Waals surface area (Å²) in [6, 6.07) is -0.103. The third kappa shape index (κ3) is 5.92. The maximum absolute atomic E-state index is 11.7. The van der Waals surface area contributed by atoms with E-state index in [-0.39, 0.29) is 18.7 Å². The number of ether oxygens (including phenoxy) is 1. The summed E-state index contributed by atoms with van der Waals surface area (Å²) in [7, 11) is 1.65. The molecule has 0 aromatic rings. The Morgan fingerprint density at radius 1 is 1.50 bits per heavy atom. The van der Waals surface area contributed by atoms with Crippen LogP contribution in [0.5, 0.6) is 0 Å². The van der Waals surface area contributed by atoms with E-state index >= 15 is 0 Å². The van der Waals surface area contributed by atoms with Gasteiger partial charge >= 0.3 is 6.09 Å². The minimum Gasteiger partial charge on any atom is -0.444 e. The maximum Gasteiger partial charge on any atom is 0.410 e. The Morgan fingerprint density at radius 2 is 2.00 bits per heavy atom. The van der Waals surface area contributed by atoms with Gasteiger partial charge in [0.15, 0.2) is 0 Å². The van der Waals surface area contributed by atoms with Gasteiger partial charge in [-0.3, -0.25) is 0 Å². The third-order valence-corrected chi connectivity index (χ3v) is 2.23. The minimum absolute atomic E-state index is 0.103. The number of aliphatic hydroxyl groups excluding tert-OH is 1. The van der Waals surface area contributed by atoms with Gasteiger partial charge in [-0.1, -0.05) is 0 Å². The summed E-state index contributed by atoms with van der Waals surface area (Å²) in [4.78, 5) is 13.1. The highest BCUT2D eigenvalue weighted by atomic mass is 16.6. The Morgan fingerprint density at radius 3 is 2.38 bits per heavy atom. The van der Waals surface area contributed by atoms with E-state index in [4.69, 9.17) is 10.5 Å². The second kappa shape index (κ2) is 6.06. The van der Waals surface area contributed by atoms with Crippen LogP contribution in [0, 0.1) is 0 Å². The van der Waals surface area contributed by atoms with Crippen molar-refractivity contribution >= 4 is 6.09 Å². The molecule has 0 aromatic heterocycles. The number of carbonyl (C=O) groups is 1. The lowest BCUT2D eigenvalue weighted by Crippen LogP contribution is -2.41. The van der Waals surface area contributed by atoms with E-state index in [1.165, 1.54) is 4.90 Å². The second-order valence-electron chi connectivity index (χ2n) is 5.07. The van der Waals surface area contributed by atoms with Crippen LogP contribution in [0.25, 0.3) is 0 Å². The predicted molar refractivity (Wildman–Crippen MR) is 63.1 cm³/mol. The molecule has 96 valence electrons. The second-order valence-corrected chi connectivity index (χ2v) is 5.07. The highest BCUT2D eigenvalue weighted by Crippen LogP contribution is 2.12. The Kier molecular flexibility index (Phi) is 5.75. The van der Waals surface area contributed by atoms with Gasteiger partial charge in [-0.05, 0) is 34.1 Å². The van der Waals surface area contributed by atoms with Crippen LogP contribution in [0.1, 0.15) is 34.1 Å². The molecule has 16 heavy (non-hydrogen) atoms. The normalized spacial score (nSPS) is 15.4. The first-order chi connectivity index (χ1) is 7.17. The first kappa shape index (κ1) is 15.2. The van der Waals surface area contributed by atoms with Gasteiger partial charge in [0.2, 0.25) is 0 Å². The first-order valence-electron chi connectivity index (χ1n) is 5.51. The molecule has 0 aliphatic heterocycles. The molecule has 0 spiro atoms. The molecule has 0 aromatic carbocycles. The number of carbonyl (C=O) groups excluding carboxylic acids is 1. The smallest absolute Gasteiger partial charge is 0.410 e. The summed E-state index contributed by atoms with van der Waals surface area (Å²) in [5.74, 6) is 0. The van der Waals surface area contributed by atoms with Gasteiger partial charge in [-0.25, -0.2) is 4.79 Å². The van der Waals surface area contributed by atoms with Crippen LogP contribution in [0.2, 0.25) is 0 Å². The molecule has 2 atom stereocenters. The van der Waals surface area contributed by atoms with Crippen molar-refractivity contribution in [2.45, 2.75) is 51.9 Å². The first-order valence-corrected chi connectivity index (χ1v) is 5.51. The average Bonchev–Trinajstić information content (AvgIpc) is 2.13. The summed E-state index contributed by atoms with van der Waals surface area (Å²) in [6.07, 6.45) is -0.518. The molecular formula is C11H24N2O3. The highest BCUT2D eigenvalue weighted by Gasteiger charge is 2.23. The molecule has 0 aliphatic rings. The van der Waals surface area contributed by atoms with Crippen molar-refractivity contribution in [2.75, 3.05) is 13.6 Å². The van der Waals surface area contributed by atoms with E-state index in [1.807, 2.05) is 27.7 Å². The molecule has 0 bridgehead atoms. The number of rotatable bonds is 4. The fraction of sp³-hybridized carbons (Fsp3) is 0.909. The van der Waals surface area contributed by atoms with E-state index in [2.05, 4.69) is 0 Å². The zero-order valence-corrected chi connectivity index (χ0v) is 10.9. The Hall–Kier alpha value is -0.810. The lowest BCUT2D eigenvalue weighted by atomic mass is 10.1. The SMILES string of the molecule is CC(CC(O)CN)N(C)C(=O)OC(C)(C)C. The topological polar surface area (TPSA) is 75.8 Å². The van der Waals surface area contributed by atoms with Gasteiger partial charge in [-0.15, -0.1) is 0 Å². The predicted octanol–water partition coefficient (Wildman–Crippen LogP) is 0.952. The fourth-order valence-electron chi connectivity index (χ4n) is 1.16. The molecule has 1 amide bonds. The number of aliphatic hydroxyl groups is 1. The molecule has 0 saturated heterocycles. The van der Waals surface area contributed by atoms with Crippen molar-refractivity contribution in [1.82, 2.24) is 4.90 Å². The number of hydrogen-bond acceptors (Lipinski definition) is 4. The molecule has 0 rings (SSSR count). The van der Waals surface area contributed by atoms with E-state index in [9.17, 15) is 9.90 Å². The number of amides is 1. The molecule has 0 heterocycles. The third-order valence-electron chi connectivity index (χ3n) is 2.23. The molecule has 3 N–H and O–H groups in total. The van der Waals surface area contributed by atoms with Crippen LogP contribution in [-0.2, 0) is 4.74 Å². The lowest BCUT2D eigenvalue weighted by Gasteiger charge is -2.29. The number of nitrogens with two attached hydrogens (primary N) is 1. The van der Waals surface area contributed by atoms with Crippen molar-refractivity contribution in [3.8, 4) is 0 Å².